The van der Waals surface area contributed by atoms with Gasteiger partial charge in [0, 0.05) is 21.8 Å². The van der Waals surface area contributed by atoms with Gasteiger partial charge in [0.25, 0.3) is 11.8 Å². The van der Waals surface area contributed by atoms with E-state index >= 15 is 0 Å². The van der Waals surface area contributed by atoms with Crippen LogP contribution in [0.3, 0.4) is 0 Å². The van der Waals surface area contributed by atoms with Crippen LogP contribution in [0.2, 0.25) is 0 Å². The minimum absolute atomic E-state index is 0.107. The molecule has 0 aliphatic carbocycles. The molecule has 1 atom stereocenters. The Morgan fingerprint density at radius 3 is 1.91 bits per heavy atom. The predicted octanol–water partition coefficient (Wildman–Crippen LogP) is 7.89. The minimum atomic E-state index is -0.527. The van der Waals surface area contributed by atoms with Gasteiger partial charge in [0.2, 0.25) is 5.91 Å². The molecule has 8 heteroatoms. The molecule has 230 valence electrons. The predicted molar refractivity (Wildman–Crippen MR) is 185 cm³/mol. The summed E-state index contributed by atoms with van der Waals surface area (Å²) in [5.74, 6) is -0.318. The van der Waals surface area contributed by atoms with Gasteiger partial charge in [-0.05, 0) is 84.8 Å². The van der Waals surface area contributed by atoms with Gasteiger partial charge in [-0.2, -0.15) is 0 Å². The van der Waals surface area contributed by atoms with Crippen molar-refractivity contribution < 1.29 is 19.1 Å². The highest BCUT2D eigenvalue weighted by molar-refractivity contribution is 8.00. The molecule has 0 aliphatic heterocycles. The van der Waals surface area contributed by atoms with Crippen molar-refractivity contribution in [2.45, 2.75) is 17.1 Å². The number of nitrogens with one attached hydrogen (secondary N) is 3. The smallest absolute Gasteiger partial charge is 0.272 e. The summed E-state index contributed by atoms with van der Waals surface area (Å²) in [6, 6.07) is 40.4. The third-order valence-electron chi connectivity index (χ3n) is 6.98. The van der Waals surface area contributed by atoms with Gasteiger partial charge in [-0.15, -0.1) is 11.8 Å². The van der Waals surface area contributed by atoms with E-state index in [1.165, 1.54) is 11.8 Å². The second kappa shape index (κ2) is 15.4. The molecule has 0 radical (unpaired) electrons. The second-order valence-electron chi connectivity index (χ2n) is 10.4. The molecule has 0 spiro atoms. The molecule has 5 aromatic carbocycles. The van der Waals surface area contributed by atoms with E-state index in [4.69, 9.17) is 4.74 Å². The number of anilines is 2. The molecular formula is C38H33N3O4S. The maximum absolute atomic E-state index is 13.5. The van der Waals surface area contributed by atoms with Crippen LogP contribution in [-0.2, 0) is 9.59 Å². The quantitative estimate of drug-likeness (QED) is 0.102. The van der Waals surface area contributed by atoms with Crippen molar-refractivity contribution in [3.8, 4) is 5.75 Å². The topological polar surface area (TPSA) is 96.5 Å². The van der Waals surface area contributed by atoms with Gasteiger partial charge in [-0.1, -0.05) is 78.4 Å². The largest absolute Gasteiger partial charge is 0.497 e. The summed E-state index contributed by atoms with van der Waals surface area (Å²) in [4.78, 5) is 40.7. The summed E-state index contributed by atoms with van der Waals surface area (Å²) in [5, 5.41) is 8.12. The van der Waals surface area contributed by atoms with E-state index in [9.17, 15) is 14.4 Å². The lowest BCUT2D eigenvalue weighted by Gasteiger charge is -2.18. The van der Waals surface area contributed by atoms with Crippen LogP contribution in [0.15, 0.2) is 144 Å². The Kier molecular flexibility index (Phi) is 10.7. The molecule has 0 heterocycles. The van der Waals surface area contributed by atoms with Crippen LogP contribution < -0.4 is 20.7 Å². The maximum Gasteiger partial charge on any atom is 0.272 e. The van der Waals surface area contributed by atoms with Crippen LogP contribution in [0.25, 0.3) is 6.08 Å². The SMILES string of the molecule is COc1ccc(NC(=O)C(Sc2ccc(NC(=O)/C(=C/c3ccc(C)cc3)NC(=O)c3ccccc3)cc2)c2ccccc2)cc1. The molecule has 0 aliphatic rings. The van der Waals surface area contributed by atoms with E-state index in [2.05, 4.69) is 16.0 Å². The van der Waals surface area contributed by atoms with Crippen molar-refractivity contribution >= 4 is 46.9 Å². The maximum atomic E-state index is 13.5. The van der Waals surface area contributed by atoms with Crippen LogP contribution >= 0.6 is 11.8 Å². The number of amides is 3. The monoisotopic (exact) mass is 627 g/mol. The Morgan fingerprint density at radius 2 is 1.28 bits per heavy atom. The zero-order chi connectivity index (χ0) is 32.3. The lowest BCUT2D eigenvalue weighted by Crippen LogP contribution is -2.30. The minimum Gasteiger partial charge on any atom is -0.497 e. The summed E-state index contributed by atoms with van der Waals surface area (Å²) in [6.07, 6.45) is 1.64. The number of rotatable bonds is 11. The summed E-state index contributed by atoms with van der Waals surface area (Å²) >= 11 is 1.40. The molecule has 0 aromatic heterocycles. The summed E-state index contributed by atoms with van der Waals surface area (Å²) in [7, 11) is 1.59. The van der Waals surface area contributed by atoms with E-state index in [0.29, 0.717) is 22.7 Å². The van der Waals surface area contributed by atoms with Crippen LogP contribution in [-0.4, -0.2) is 24.8 Å². The van der Waals surface area contributed by atoms with Gasteiger partial charge in [0.1, 0.15) is 16.7 Å². The van der Waals surface area contributed by atoms with Crippen LogP contribution in [0.5, 0.6) is 5.75 Å². The average Bonchev–Trinajstić information content (AvgIpc) is 3.09. The van der Waals surface area contributed by atoms with Gasteiger partial charge in [0.15, 0.2) is 0 Å². The average molecular weight is 628 g/mol. The first-order valence-electron chi connectivity index (χ1n) is 14.6. The number of ether oxygens (including phenoxy) is 1. The van der Waals surface area contributed by atoms with Crippen molar-refractivity contribution in [3.05, 3.63) is 161 Å². The summed E-state index contributed by atoms with van der Waals surface area (Å²) in [5.41, 5.74) is 4.47. The Bertz CT molecular complexity index is 1810. The van der Waals surface area contributed by atoms with E-state index in [1.54, 1.807) is 73.8 Å². The number of carbonyl (C=O) groups excluding carboxylic acids is 3. The van der Waals surface area contributed by atoms with Crippen molar-refractivity contribution in [2.24, 2.45) is 0 Å². The van der Waals surface area contributed by atoms with Gasteiger partial charge in [0.05, 0.1) is 7.11 Å². The van der Waals surface area contributed by atoms with Crippen molar-refractivity contribution in [3.63, 3.8) is 0 Å². The highest BCUT2D eigenvalue weighted by atomic mass is 32.2. The highest BCUT2D eigenvalue weighted by Crippen LogP contribution is 2.37. The molecule has 46 heavy (non-hydrogen) atoms. The van der Waals surface area contributed by atoms with Crippen LogP contribution in [0, 0.1) is 6.92 Å². The van der Waals surface area contributed by atoms with E-state index in [0.717, 1.165) is 21.6 Å². The first kappa shape index (κ1) is 31.8. The standard InChI is InChI=1S/C38H33N3O4S/c1-26-13-15-27(16-14-26)25-34(41-36(42)29-11-7-4-8-12-29)37(43)39-31-19-23-33(24-20-31)46-35(28-9-5-3-6-10-28)38(44)40-30-17-21-32(45-2)22-18-30/h3-25,35H,1-2H3,(H,39,43)(H,40,44)(H,41,42)/b34-25-. The second-order valence-corrected chi connectivity index (χ2v) is 11.6. The number of methoxy groups -OCH3 is 1. The first-order valence-corrected chi connectivity index (χ1v) is 15.5. The summed E-state index contributed by atoms with van der Waals surface area (Å²) < 4.78 is 5.22. The Labute approximate surface area is 272 Å². The molecule has 0 saturated carbocycles. The molecule has 1 unspecified atom stereocenters. The molecule has 3 N–H and O–H groups in total. The molecule has 0 bridgehead atoms. The number of carbonyl (C=O) groups is 3. The number of hydrogen-bond acceptors (Lipinski definition) is 5. The molecule has 5 rings (SSSR count). The van der Waals surface area contributed by atoms with Gasteiger partial charge >= 0.3 is 0 Å². The summed E-state index contributed by atoms with van der Waals surface area (Å²) in [6.45, 7) is 1.98. The fourth-order valence-corrected chi connectivity index (χ4v) is 5.53. The number of thioether (sulfide) groups is 1. The van der Waals surface area contributed by atoms with Crippen LogP contribution in [0.4, 0.5) is 11.4 Å². The zero-order valence-electron chi connectivity index (χ0n) is 25.4. The Balaban J connectivity index is 1.31. The molecule has 0 fully saturated rings. The third-order valence-corrected chi connectivity index (χ3v) is 8.25. The lowest BCUT2D eigenvalue weighted by molar-refractivity contribution is -0.116. The Morgan fingerprint density at radius 1 is 0.696 bits per heavy atom. The van der Waals surface area contributed by atoms with E-state index in [1.807, 2.05) is 79.7 Å². The van der Waals surface area contributed by atoms with Gasteiger partial charge in [-0.25, -0.2) is 0 Å². The molecular weight excluding hydrogens is 595 g/mol. The number of benzene rings is 5. The van der Waals surface area contributed by atoms with E-state index in [-0.39, 0.29) is 17.5 Å². The van der Waals surface area contributed by atoms with Crippen molar-refractivity contribution in [1.82, 2.24) is 5.32 Å². The molecule has 3 amide bonds. The molecule has 7 nitrogen and oxygen atoms in total. The fourth-order valence-electron chi connectivity index (χ4n) is 4.51. The number of aryl methyl sites for hydroxylation is 1. The third kappa shape index (κ3) is 8.74. The fraction of sp³-hybridized carbons (Fsp3) is 0.0789. The first-order chi connectivity index (χ1) is 22.4. The normalized spacial score (nSPS) is 11.7. The lowest BCUT2D eigenvalue weighted by atomic mass is 10.1. The van der Waals surface area contributed by atoms with Gasteiger partial charge in [-0.3, -0.25) is 14.4 Å². The Hall–Kier alpha value is -5.60. The van der Waals surface area contributed by atoms with E-state index < -0.39 is 11.2 Å². The zero-order valence-corrected chi connectivity index (χ0v) is 26.2. The van der Waals surface area contributed by atoms with Crippen LogP contribution in [0.1, 0.15) is 32.3 Å². The van der Waals surface area contributed by atoms with Crippen molar-refractivity contribution in [2.75, 3.05) is 17.7 Å². The van der Waals surface area contributed by atoms with Crippen molar-refractivity contribution in [1.29, 1.82) is 0 Å². The van der Waals surface area contributed by atoms with Gasteiger partial charge < -0.3 is 20.7 Å². The highest BCUT2D eigenvalue weighted by Gasteiger charge is 2.22. The number of hydrogen-bond donors (Lipinski definition) is 3. The molecule has 5 aromatic rings. The molecule has 0 saturated heterocycles.